The molecule has 1 saturated heterocycles. The summed E-state index contributed by atoms with van der Waals surface area (Å²) in [5, 5.41) is 5.65. The van der Waals surface area contributed by atoms with Crippen LogP contribution in [0.1, 0.15) is 42.6 Å². The van der Waals surface area contributed by atoms with Gasteiger partial charge < -0.3 is 9.72 Å². The van der Waals surface area contributed by atoms with E-state index in [2.05, 4.69) is 52.4 Å². The number of H-pyrrole nitrogens is 1. The Morgan fingerprint density at radius 3 is 2.96 bits per heavy atom. The first-order valence-electron chi connectivity index (χ1n) is 10.0. The molecule has 2 atom stereocenters. The molecule has 3 aromatic rings. The number of hydrogen-bond acceptors (Lipinski definition) is 4. The van der Waals surface area contributed by atoms with E-state index in [4.69, 9.17) is 4.74 Å². The van der Waals surface area contributed by atoms with Crippen molar-refractivity contribution in [2.75, 3.05) is 19.7 Å². The minimum atomic E-state index is -0.0761. The van der Waals surface area contributed by atoms with Gasteiger partial charge in [-0.25, -0.2) is 0 Å². The number of ether oxygens (including phenoxy) is 1. The van der Waals surface area contributed by atoms with Gasteiger partial charge in [0.2, 0.25) is 0 Å². The van der Waals surface area contributed by atoms with Crippen molar-refractivity contribution in [1.82, 2.24) is 19.7 Å². The normalized spacial score (nSPS) is 19.0. The van der Waals surface area contributed by atoms with Gasteiger partial charge in [0.25, 0.3) is 0 Å². The van der Waals surface area contributed by atoms with E-state index in [9.17, 15) is 4.79 Å². The SMILES string of the molecule is CCOC(=O)C1CCCN(C(c2cnn(C)c2)c2c(C)[nH]c3ccccc23)C1. The fraction of sp³-hybridized carbons (Fsp3) is 0.455. The van der Waals surface area contributed by atoms with Gasteiger partial charge in [0, 0.05) is 47.5 Å². The van der Waals surface area contributed by atoms with Gasteiger partial charge in [-0.2, -0.15) is 5.10 Å². The Hall–Kier alpha value is -2.60. The summed E-state index contributed by atoms with van der Waals surface area (Å²) in [6.45, 7) is 6.09. The number of nitrogens with one attached hydrogen (secondary N) is 1. The summed E-state index contributed by atoms with van der Waals surface area (Å²) in [7, 11) is 1.94. The van der Waals surface area contributed by atoms with E-state index in [1.807, 2.05) is 24.9 Å². The average molecular weight is 380 g/mol. The van der Waals surface area contributed by atoms with Crippen molar-refractivity contribution in [1.29, 1.82) is 0 Å². The van der Waals surface area contributed by atoms with Crippen LogP contribution in [0.5, 0.6) is 0 Å². The maximum atomic E-state index is 12.4. The zero-order chi connectivity index (χ0) is 19.7. The van der Waals surface area contributed by atoms with Gasteiger partial charge in [-0.3, -0.25) is 14.4 Å². The van der Waals surface area contributed by atoms with E-state index in [1.165, 1.54) is 10.9 Å². The molecule has 0 spiro atoms. The lowest BCUT2D eigenvalue weighted by molar-refractivity contribution is -0.150. The largest absolute Gasteiger partial charge is 0.466 e. The molecule has 2 aromatic heterocycles. The molecule has 6 heteroatoms. The predicted octanol–water partition coefficient (Wildman–Crippen LogP) is 3.57. The maximum Gasteiger partial charge on any atom is 0.310 e. The Balaban J connectivity index is 1.76. The third kappa shape index (κ3) is 3.44. The Morgan fingerprint density at radius 1 is 1.39 bits per heavy atom. The number of nitrogens with zero attached hydrogens (tertiary/aromatic N) is 3. The van der Waals surface area contributed by atoms with Crippen LogP contribution in [0.3, 0.4) is 0 Å². The molecule has 0 radical (unpaired) electrons. The highest BCUT2D eigenvalue weighted by Crippen LogP contribution is 2.38. The van der Waals surface area contributed by atoms with Crippen LogP contribution in [0, 0.1) is 12.8 Å². The van der Waals surface area contributed by atoms with E-state index in [0.717, 1.165) is 36.2 Å². The molecular formula is C22H28N4O2. The molecular weight excluding hydrogens is 352 g/mol. The fourth-order valence-corrected chi connectivity index (χ4v) is 4.49. The highest BCUT2D eigenvalue weighted by molar-refractivity contribution is 5.85. The fourth-order valence-electron chi connectivity index (χ4n) is 4.49. The first-order valence-corrected chi connectivity index (χ1v) is 10.0. The van der Waals surface area contributed by atoms with E-state index in [-0.39, 0.29) is 17.9 Å². The number of carbonyl (C=O) groups excluding carboxylic acids is 1. The lowest BCUT2D eigenvalue weighted by Crippen LogP contribution is -2.41. The van der Waals surface area contributed by atoms with Gasteiger partial charge in [0.1, 0.15) is 0 Å². The van der Waals surface area contributed by atoms with Crippen molar-refractivity contribution >= 4 is 16.9 Å². The Bertz CT molecular complexity index is 974. The van der Waals surface area contributed by atoms with Gasteiger partial charge in [-0.15, -0.1) is 0 Å². The van der Waals surface area contributed by atoms with E-state index in [0.29, 0.717) is 13.2 Å². The third-order valence-electron chi connectivity index (χ3n) is 5.70. The van der Waals surface area contributed by atoms with Crippen molar-refractivity contribution in [2.45, 2.75) is 32.7 Å². The van der Waals surface area contributed by atoms with Gasteiger partial charge in [-0.05, 0) is 39.3 Å². The molecule has 0 bridgehead atoms. The second-order valence-corrected chi connectivity index (χ2v) is 7.65. The number of likely N-dealkylation sites (tertiary alicyclic amines) is 1. The quantitative estimate of drug-likeness (QED) is 0.687. The van der Waals surface area contributed by atoms with Gasteiger partial charge >= 0.3 is 5.97 Å². The van der Waals surface area contributed by atoms with Crippen LogP contribution in [-0.4, -0.2) is 45.3 Å². The van der Waals surface area contributed by atoms with E-state index in [1.54, 1.807) is 0 Å². The maximum absolute atomic E-state index is 12.4. The molecule has 1 aliphatic rings. The number of aryl methyl sites for hydroxylation is 2. The molecule has 0 saturated carbocycles. The number of aromatic nitrogens is 3. The lowest BCUT2D eigenvalue weighted by atomic mass is 9.91. The van der Waals surface area contributed by atoms with Crippen molar-refractivity contribution < 1.29 is 9.53 Å². The zero-order valence-electron chi connectivity index (χ0n) is 16.8. The molecule has 4 rings (SSSR count). The molecule has 1 fully saturated rings. The summed E-state index contributed by atoms with van der Waals surface area (Å²) in [4.78, 5) is 18.4. The van der Waals surface area contributed by atoms with Crippen molar-refractivity contribution in [2.24, 2.45) is 13.0 Å². The van der Waals surface area contributed by atoms with Crippen molar-refractivity contribution in [3.63, 3.8) is 0 Å². The molecule has 3 heterocycles. The number of esters is 1. The summed E-state index contributed by atoms with van der Waals surface area (Å²) in [6, 6.07) is 8.48. The van der Waals surface area contributed by atoms with Gasteiger partial charge in [0.05, 0.1) is 24.8 Å². The molecule has 148 valence electrons. The van der Waals surface area contributed by atoms with E-state index < -0.39 is 0 Å². The third-order valence-corrected chi connectivity index (χ3v) is 5.70. The number of carbonyl (C=O) groups is 1. The molecule has 0 amide bonds. The van der Waals surface area contributed by atoms with Crippen LogP contribution in [-0.2, 0) is 16.6 Å². The number of piperidine rings is 1. The molecule has 6 nitrogen and oxygen atoms in total. The molecule has 28 heavy (non-hydrogen) atoms. The average Bonchev–Trinajstić information content (AvgIpc) is 3.26. The van der Waals surface area contributed by atoms with Crippen molar-refractivity contribution in [3.05, 3.63) is 53.5 Å². The topological polar surface area (TPSA) is 63.1 Å². The Labute approximate surface area is 165 Å². The number of benzene rings is 1. The number of rotatable bonds is 5. The number of aromatic amines is 1. The minimum Gasteiger partial charge on any atom is -0.466 e. The summed E-state index contributed by atoms with van der Waals surface area (Å²) in [5.41, 5.74) is 4.73. The Kier molecular flexibility index (Phi) is 5.22. The summed E-state index contributed by atoms with van der Waals surface area (Å²) < 4.78 is 7.16. The van der Waals surface area contributed by atoms with Gasteiger partial charge in [0.15, 0.2) is 0 Å². The summed E-state index contributed by atoms with van der Waals surface area (Å²) in [6.07, 6.45) is 5.91. The minimum absolute atomic E-state index is 0.0575. The summed E-state index contributed by atoms with van der Waals surface area (Å²) >= 11 is 0. The van der Waals surface area contributed by atoms with Crippen LogP contribution in [0.4, 0.5) is 0 Å². The number of para-hydroxylation sites is 1. The predicted molar refractivity (Wildman–Crippen MR) is 109 cm³/mol. The first kappa shape index (κ1) is 18.7. The Morgan fingerprint density at radius 2 is 2.21 bits per heavy atom. The number of fused-ring (bicyclic) bond motifs is 1. The zero-order valence-corrected chi connectivity index (χ0v) is 16.8. The summed E-state index contributed by atoms with van der Waals surface area (Å²) in [5.74, 6) is -0.147. The van der Waals surface area contributed by atoms with Crippen LogP contribution in [0.2, 0.25) is 0 Å². The van der Waals surface area contributed by atoms with Crippen LogP contribution in [0.25, 0.3) is 10.9 Å². The second-order valence-electron chi connectivity index (χ2n) is 7.65. The lowest BCUT2D eigenvalue weighted by Gasteiger charge is -2.37. The van der Waals surface area contributed by atoms with Crippen LogP contribution >= 0.6 is 0 Å². The second kappa shape index (κ2) is 7.80. The standard InChI is InChI=1S/C22H28N4O2/c1-4-28-22(27)16-8-7-11-26(14-16)21(17-12-23-25(3)13-17)20-15(2)24-19-10-6-5-9-18(19)20/h5-6,9-10,12-13,16,21,24H,4,7-8,11,14H2,1-3H3. The molecule has 1 N–H and O–H groups in total. The van der Waals surface area contributed by atoms with Crippen LogP contribution in [0.15, 0.2) is 36.7 Å². The highest BCUT2D eigenvalue weighted by atomic mass is 16.5. The van der Waals surface area contributed by atoms with Crippen LogP contribution < -0.4 is 0 Å². The molecule has 1 aromatic carbocycles. The smallest absolute Gasteiger partial charge is 0.310 e. The van der Waals surface area contributed by atoms with Gasteiger partial charge in [-0.1, -0.05) is 18.2 Å². The van der Waals surface area contributed by atoms with Crippen molar-refractivity contribution in [3.8, 4) is 0 Å². The molecule has 0 aliphatic carbocycles. The first-order chi connectivity index (χ1) is 13.6. The highest BCUT2D eigenvalue weighted by Gasteiger charge is 2.34. The van der Waals surface area contributed by atoms with E-state index >= 15 is 0 Å². The molecule has 2 unspecified atom stereocenters. The number of hydrogen-bond donors (Lipinski definition) is 1. The molecule has 1 aliphatic heterocycles. The monoisotopic (exact) mass is 380 g/mol.